The number of anilines is 1. The summed E-state index contributed by atoms with van der Waals surface area (Å²) in [6, 6.07) is 2.50. The number of alkyl halides is 3. The van der Waals surface area contributed by atoms with Gasteiger partial charge in [0, 0.05) is 7.11 Å². The molecule has 0 unspecified atom stereocenters. The lowest BCUT2D eigenvalue weighted by Gasteiger charge is -2.21. The molecular weight excluding hydrogens is 394 g/mol. The predicted octanol–water partition coefficient (Wildman–Crippen LogP) is 4.40. The Hall–Kier alpha value is -3.08. The first-order valence-electron chi connectivity index (χ1n) is 7.48. The first-order chi connectivity index (χ1) is 13.1. The molecule has 0 fully saturated rings. The zero-order valence-electron chi connectivity index (χ0n) is 14.1. The molecule has 3 amide bonds. The molecule has 2 aromatic rings. The molecule has 2 aromatic carbocycles. The van der Waals surface area contributed by atoms with Gasteiger partial charge in [0.25, 0.3) is 5.91 Å². The summed E-state index contributed by atoms with van der Waals surface area (Å²) in [6.45, 7) is -0.763. The molecule has 0 aromatic heterocycles. The van der Waals surface area contributed by atoms with Crippen molar-refractivity contribution in [2.45, 2.75) is 6.18 Å². The number of rotatable bonds is 4. The monoisotopic (exact) mass is 406 g/mol. The Labute approximate surface area is 154 Å². The van der Waals surface area contributed by atoms with Crippen molar-refractivity contribution in [1.29, 1.82) is 0 Å². The van der Waals surface area contributed by atoms with Gasteiger partial charge in [-0.25, -0.2) is 22.9 Å². The number of urea groups is 1. The molecule has 0 aliphatic carbocycles. The van der Waals surface area contributed by atoms with Crippen LogP contribution in [0.25, 0.3) is 0 Å². The fraction of sp³-hybridized carbons (Fsp3) is 0.176. The van der Waals surface area contributed by atoms with Gasteiger partial charge in [0.05, 0.1) is 11.3 Å². The van der Waals surface area contributed by atoms with E-state index in [0.29, 0.717) is 12.1 Å². The third-order valence-corrected chi connectivity index (χ3v) is 3.46. The second-order valence-corrected chi connectivity index (χ2v) is 5.37. The molecule has 0 atom stereocenters. The Morgan fingerprint density at radius 2 is 1.64 bits per heavy atom. The number of amides is 3. The summed E-state index contributed by atoms with van der Waals surface area (Å²) in [5.74, 6) is -5.36. The van der Waals surface area contributed by atoms with Crippen molar-refractivity contribution in [3.63, 3.8) is 0 Å². The number of benzene rings is 2. The summed E-state index contributed by atoms with van der Waals surface area (Å²) in [7, 11) is 1.07. The minimum absolute atomic E-state index is 0.147. The van der Waals surface area contributed by atoms with E-state index in [0.717, 1.165) is 25.3 Å². The van der Waals surface area contributed by atoms with Gasteiger partial charge in [-0.3, -0.25) is 4.79 Å². The molecule has 0 heterocycles. The summed E-state index contributed by atoms with van der Waals surface area (Å²) in [6.07, 6.45) is -4.80. The van der Waals surface area contributed by atoms with E-state index >= 15 is 0 Å². The highest BCUT2D eigenvalue weighted by molar-refractivity contribution is 6.08. The molecule has 2 rings (SSSR count). The quantitative estimate of drug-likeness (QED) is 0.605. The number of hydrogen-bond acceptors (Lipinski definition) is 3. The number of methoxy groups -OCH3 is 1. The summed E-state index contributed by atoms with van der Waals surface area (Å²) in [5.41, 5.74) is -3.02. The van der Waals surface area contributed by atoms with Crippen molar-refractivity contribution in [3.05, 3.63) is 65.0 Å². The van der Waals surface area contributed by atoms with Crippen LogP contribution < -0.4 is 5.32 Å². The number of imide groups is 1. The van der Waals surface area contributed by atoms with E-state index in [1.807, 2.05) is 5.32 Å². The summed E-state index contributed by atoms with van der Waals surface area (Å²) < 4.78 is 83.8. The molecule has 11 heteroatoms. The van der Waals surface area contributed by atoms with Crippen LogP contribution in [-0.4, -0.2) is 30.7 Å². The number of carbonyl (C=O) groups excluding carboxylic acids is 2. The molecule has 0 bridgehead atoms. The molecular formula is C17H12F6N2O3. The Bertz CT molecular complexity index is 881. The zero-order chi connectivity index (χ0) is 21.1. The summed E-state index contributed by atoms with van der Waals surface area (Å²) in [4.78, 5) is 24.8. The number of nitrogens with zero attached hydrogens (tertiary/aromatic N) is 1. The van der Waals surface area contributed by atoms with Gasteiger partial charge >= 0.3 is 12.2 Å². The lowest BCUT2D eigenvalue weighted by molar-refractivity contribution is -0.137. The van der Waals surface area contributed by atoms with Crippen LogP contribution in [0, 0.1) is 17.5 Å². The van der Waals surface area contributed by atoms with Crippen LogP contribution in [0.5, 0.6) is 0 Å². The average molecular weight is 406 g/mol. The van der Waals surface area contributed by atoms with Gasteiger partial charge in [0.15, 0.2) is 0 Å². The van der Waals surface area contributed by atoms with E-state index in [2.05, 4.69) is 4.74 Å². The molecule has 0 saturated heterocycles. The molecule has 28 heavy (non-hydrogen) atoms. The molecule has 1 N–H and O–H groups in total. The van der Waals surface area contributed by atoms with Crippen LogP contribution in [-0.2, 0) is 10.9 Å². The van der Waals surface area contributed by atoms with Gasteiger partial charge in [-0.15, -0.1) is 0 Å². The molecule has 0 radical (unpaired) electrons. The molecule has 0 aliphatic heterocycles. The maximum absolute atomic E-state index is 13.9. The predicted molar refractivity (Wildman–Crippen MR) is 84.8 cm³/mol. The SMILES string of the molecule is COCN(C(=O)Nc1ccc(C(F)(F)F)cc1F)C(=O)c1c(F)cccc1F. The van der Waals surface area contributed by atoms with E-state index in [-0.39, 0.29) is 11.0 Å². The van der Waals surface area contributed by atoms with E-state index in [9.17, 15) is 35.9 Å². The summed E-state index contributed by atoms with van der Waals surface area (Å²) in [5, 5.41) is 1.86. The van der Waals surface area contributed by atoms with Crippen LogP contribution in [0.15, 0.2) is 36.4 Å². The first-order valence-corrected chi connectivity index (χ1v) is 7.48. The average Bonchev–Trinajstić information content (AvgIpc) is 2.60. The Morgan fingerprint density at radius 3 is 2.14 bits per heavy atom. The minimum atomic E-state index is -4.80. The third-order valence-electron chi connectivity index (χ3n) is 3.46. The standard InChI is InChI=1S/C17H12F6N2O3/c1-28-8-25(15(26)14-10(18)3-2-4-11(14)19)16(27)24-13-6-5-9(7-12(13)20)17(21,22)23/h2-7H,8H2,1H3,(H,24,27). The number of nitrogens with one attached hydrogen (secondary N) is 1. The van der Waals surface area contributed by atoms with Gasteiger partial charge in [-0.2, -0.15) is 13.2 Å². The Morgan fingerprint density at radius 1 is 1.04 bits per heavy atom. The molecule has 0 spiro atoms. The fourth-order valence-electron chi connectivity index (χ4n) is 2.15. The van der Waals surface area contributed by atoms with Crippen LogP contribution in [0.1, 0.15) is 15.9 Å². The third kappa shape index (κ3) is 4.60. The lowest BCUT2D eigenvalue weighted by Crippen LogP contribution is -2.42. The van der Waals surface area contributed by atoms with Crippen molar-refractivity contribution in [3.8, 4) is 0 Å². The van der Waals surface area contributed by atoms with Crippen LogP contribution in [0.2, 0.25) is 0 Å². The highest BCUT2D eigenvalue weighted by Crippen LogP contribution is 2.31. The van der Waals surface area contributed by atoms with Gasteiger partial charge in [-0.05, 0) is 30.3 Å². The number of carbonyl (C=O) groups is 2. The van der Waals surface area contributed by atoms with Crippen LogP contribution in [0.3, 0.4) is 0 Å². The van der Waals surface area contributed by atoms with E-state index in [1.165, 1.54) is 0 Å². The highest BCUT2D eigenvalue weighted by Gasteiger charge is 2.32. The number of hydrogen-bond donors (Lipinski definition) is 1. The van der Waals surface area contributed by atoms with Crippen LogP contribution in [0.4, 0.5) is 36.8 Å². The second kappa shape index (κ2) is 8.30. The largest absolute Gasteiger partial charge is 0.416 e. The maximum Gasteiger partial charge on any atom is 0.416 e. The molecule has 5 nitrogen and oxygen atoms in total. The van der Waals surface area contributed by atoms with Crippen molar-refractivity contribution in [2.24, 2.45) is 0 Å². The lowest BCUT2D eigenvalue weighted by atomic mass is 10.1. The Kier molecular flexibility index (Phi) is 6.29. The second-order valence-electron chi connectivity index (χ2n) is 5.37. The van der Waals surface area contributed by atoms with Gasteiger partial charge < -0.3 is 10.1 Å². The number of halogens is 6. The normalized spacial score (nSPS) is 11.2. The molecule has 0 saturated carbocycles. The molecule has 150 valence electrons. The van der Waals surface area contributed by atoms with Gasteiger partial charge in [0.2, 0.25) is 0 Å². The summed E-state index contributed by atoms with van der Waals surface area (Å²) >= 11 is 0. The van der Waals surface area contributed by atoms with Crippen molar-refractivity contribution in [1.82, 2.24) is 4.90 Å². The maximum atomic E-state index is 13.9. The molecule has 0 aliphatic rings. The van der Waals surface area contributed by atoms with E-state index < -0.39 is 59.1 Å². The smallest absolute Gasteiger partial charge is 0.364 e. The van der Waals surface area contributed by atoms with E-state index in [4.69, 9.17) is 0 Å². The topological polar surface area (TPSA) is 58.6 Å². The fourth-order valence-corrected chi connectivity index (χ4v) is 2.15. The van der Waals surface area contributed by atoms with Gasteiger partial charge in [0.1, 0.15) is 29.7 Å². The van der Waals surface area contributed by atoms with Crippen LogP contribution >= 0.6 is 0 Å². The highest BCUT2D eigenvalue weighted by atomic mass is 19.4. The minimum Gasteiger partial charge on any atom is -0.364 e. The zero-order valence-corrected chi connectivity index (χ0v) is 14.1. The van der Waals surface area contributed by atoms with Crippen molar-refractivity contribution >= 4 is 17.6 Å². The van der Waals surface area contributed by atoms with E-state index in [1.54, 1.807) is 0 Å². The van der Waals surface area contributed by atoms with Crippen molar-refractivity contribution < 1.29 is 40.7 Å². The van der Waals surface area contributed by atoms with Crippen molar-refractivity contribution in [2.75, 3.05) is 19.2 Å². The van der Waals surface area contributed by atoms with Gasteiger partial charge in [-0.1, -0.05) is 6.07 Å². The Balaban J connectivity index is 2.30. The first kappa shape index (κ1) is 21.2. The number of ether oxygens (including phenoxy) is 1.